The lowest BCUT2D eigenvalue weighted by Crippen LogP contribution is -2.14. The molecule has 0 amide bonds. The third kappa shape index (κ3) is 2.40. The van der Waals surface area contributed by atoms with Crippen LogP contribution in [-0.2, 0) is 6.54 Å². The summed E-state index contributed by atoms with van der Waals surface area (Å²) in [6.45, 7) is 7.93. The monoisotopic (exact) mass is 207 g/mol. The van der Waals surface area contributed by atoms with Crippen molar-refractivity contribution in [1.82, 2.24) is 14.9 Å². The van der Waals surface area contributed by atoms with Crippen molar-refractivity contribution in [2.45, 2.75) is 39.2 Å². The van der Waals surface area contributed by atoms with E-state index in [0.29, 0.717) is 5.92 Å². The van der Waals surface area contributed by atoms with E-state index in [4.69, 9.17) is 0 Å². The summed E-state index contributed by atoms with van der Waals surface area (Å²) in [7, 11) is 0. The number of nitrogens with one attached hydrogen (secondary N) is 1. The second-order valence-corrected chi connectivity index (χ2v) is 4.67. The van der Waals surface area contributed by atoms with Crippen LogP contribution in [-0.4, -0.2) is 22.6 Å². The molecule has 84 valence electrons. The van der Waals surface area contributed by atoms with Gasteiger partial charge >= 0.3 is 0 Å². The van der Waals surface area contributed by atoms with Crippen molar-refractivity contribution in [2.24, 2.45) is 5.92 Å². The van der Waals surface area contributed by atoms with E-state index in [9.17, 15) is 0 Å². The van der Waals surface area contributed by atoms with Crippen LogP contribution >= 0.6 is 0 Å². The van der Waals surface area contributed by atoms with E-state index >= 15 is 0 Å². The van der Waals surface area contributed by atoms with E-state index < -0.39 is 0 Å². The predicted molar refractivity (Wildman–Crippen MR) is 61.9 cm³/mol. The van der Waals surface area contributed by atoms with Crippen LogP contribution in [0.4, 0.5) is 0 Å². The smallest absolute Gasteiger partial charge is 0.0948 e. The first-order valence-corrected chi connectivity index (χ1v) is 6.02. The zero-order valence-electron chi connectivity index (χ0n) is 9.74. The van der Waals surface area contributed by atoms with Crippen LogP contribution in [0.2, 0.25) is 0 Å². The third-order valence-electron chi connectivity index (χ3n) is 3.43. The molecule has 0 aromatic carbocycles. The van der Waals surface area contributed by atoms with Gasteiger partial charge in [0.25, 0.3) is 0 Å². The summed E-state index contributed by atoms with van der Waals surface area (Å²) in [5.41, 5.74) is 1.42. The highest BCUT2D eigenvalue weighted by atomic mass is 15.1. The fourth-order valence-corrected chi connectivity index (χ4v) is 2.20. The highest BCUT2D eigenvalue weighted by Gasteiger charge is 2.20. The molecule has 2 rings (SSSR count). The van der Waals surface area contributed by atoms with E-state index in [-0.39, 0.29) is 0 Å². The van der Waals surface area contributed by atoms with Crippen molar-refractivity contribution in [3.05, 3.63) is 18.2 Å². The largest absolute Gasteiger partial charge is 0.334 e. The maximum absolute atomic E-state index is 4.29. The lowest BCUT2D eigenvalue weighted by atomic mass is 10.0. The van der Waals surface area contributed by atoms with Gasteiger partial charge in [-0.05, 0) is 18.9 Å². The average molecular weight is 207 g/mol. The molecule has 0 aliphatic carbocycles. The van der Waals surface area contributed by atoms with Crippen molar-refractivity contribution in [3.8, 4) is 0 Å². The van der Waals surface area contributed by atoms with Crippen LogP contribution in [0.1, 0.15) is 38.3 Å². The van der Waals surface area contributed by atoms with Crippen LogP contribution in [0.25, 0.3) is 0 Å². The Balaban J connectivity index is 2.07. The predicted octanol–water partition coefficient (Wildman–Crippen LogP) is 2.01. The summed E-state index contributed by atoms with van der Waals surface area (Å²) >= 11 is 0. The van der Waals surface area contributed by atoms with Gasteiger partial charge in [-0.3, -0.25) is 0 Å². The van der Waals surface area contributed by atoms with E-state index in [1.165, 1.54) is 18.5 Å². The van der Waals surface area contributed by atoms with E-state index in [1.807, 2.05) is 12.5 Å². The Labute approximate surface area is 91.9 Å². The molecule has 1 aromatic rings. The molecule has 1 fully saturated rings. The van der Waals surface area contributed by atoms with Gasteiger partial charge in [0.1, 0.15) is 0 Å². The van der Waals surface area contributed by atoms with E-state index in [0.717, 1.165) is 25.6 Å². The van der Waals surface area contributed by atoms with Crippen molar-refractivity contribution in [3.63, 3.8) is 0 Å². The summed E-state index contributed by atoms with van der Waals surface area (Å²) < 4.78 is 2.34. The summed E-state index contributed by atoms with van der Waals surface area (Å²) in [5, 5.41) is 3.41. The first-order valence-electron chi connectivity index (χ1n) is 6.02. The fraction of sp³-hybridized carbons (Fsp3) is 0.750. The molecule has 1 aliphatic rings. The van der Waals surface area contributed by atoms with Gasteiger partial charge < -0.3 is 9.88 Å². The molecule has 2 unspecified atom stereocenters. The molecule has 1 saturated heterocycles. The SMILES string of the molecule is CCC(C)Cn1cncc1C1CCNC1. The first-order chi connectivity index (χ1) is 7.31. The molecule has 1 aliphatic heterocycles. The van der Waals surface area contributed by atoms with Crippen LogP contribution in [0.3, 0.4) is 0 Å². The number of nitrogens with zero attached hydrogens (tertiary/aromatic N) is 2. The third-order valence-corrected chi connectivity index (χ3v) is 3.43. The quantitative estimate of drug-likeness (QED) is 0.818. The maximum Gasteiger partial charge on any atom is 0.0948 e. The summed E-state index contributed by atoms with van der Waals surface area (Å²) in [6, 6.07) is 0. The summed E-state index contributed by atoms with van der Waals surface area (Å²) in [6.07, 6.45) is 6.52. The van der Waals surface area contributed by atoms with Gasteiger partial charge in [-0.2, -0.15) is 0 Å². The van der Waals surface area contributed by atoms with Gasteiger partial charge in [-0.1, -0.05) is 20.3 Å². The molecule has 15 heavy (non-hydrogen) atoms. The van der Waals surface area contributed by atoms with Gasteiger partial charge in [0.05, 0.1) is 6.33 Å². The number of aromatic nitrogens is 2. The molecule has 0 saturated carbocycles. The summed E-state index contributed by atoms with van der Waals surface area (Å²) in [4.78, 5) is 4.29. The van der Waals surface area contributed by atoms with E-state index in [2.05, 4.69) is 28.7 Å². The topological polar surface area (TPSA) is 29.9 Å². The zero-order valence-corrected chi connectivity index (χ0v) is 9.74. The Hall–Kier alpha value is -0.830. The lowest BCUT2D eigenvalue weighted by molar-refractivity contribution is 0.452. The van der Waals surface area contributed by atoms with Crippen LogP contribution in [0.5, 0.6) is 0 Å². The number of hydrogen-bond donors (Lipinski definition) is 1. The second-order valence-electron chi connectivity index (χ2n) is 4.67. The van der Waals surface area contributed by atoms with Crippen molar-refractivity contribution < 1.29 is 0 Å². The zero-order chi connectivity index (χ0) is 10.7. The maximum atomic E-state index is 4.29. The highest BCUT2D eigenvalue weighted by molar-refractivity contribution is 5.09. The molecule has 3 heteroatoms. The van der Waals surface area contributed by atoms with Gasteiger partial charge in [-0.15, -0.1) is 0 Å². The minimum absolute atomic E-state index is 0.677. The Morgan fingerprint density at radius 2 is 2.53 bits per heavy atom. The Morgan fingerprint density at radius 1 is 1.67 bits per heavy atom. The van der Waals surface area contributed by atoms with Crippen molar-refractivity contribution in [1.29, 1.82) is 0 Å². The Morgan fingerprint density at radius 3 is 3.20 bits per heavy atom. The molecule has 2 atom stereocenters. The van der Waals surface area contributed by atoms with Crippen molar-refractivity contribution >= 4 is 0 Å². The molecular weight excluding hydrogens is 186 g/mol. The van der Waals surface area contributed by atoms with Crippen LogP contribution < -0.4 is 5.32 Å². The average Bonchev–Trinajstić information content (AvgIpc) is 2.86. The number of imidazole rings is 1. The standard InChI is InChI=1S/C12H21N3/c1-3-10(2)8-15-9-14-7-12(15)11-4-5-13-6-11/h7,9-11,13H,3-6,8H2,1-2H3. The fourth-order valence-electron chi connectivity index (χ4n) is 2.20. The van der Waals surface area contributed by atoms with E-state index in [1.54, 1.807) is 0 Å². The van der Waals surface area contributed by atoms with Gasteiger partial charge in [-0.25, -0.2) is 4.98 Å². The van der Waals surface area contributed by atoms with Gasteiger partial charge in [0.2, 0.25) is 0 Å². The molecule has 2 heterocycles. The first kappa shape index (κ1) is 10.7. The Kier molecular flexibility index (Phi) is 3.41. The lowest BCUT2D eigenvalue weighted by Gasteiger charge is -2.15. The molecule has 0 radical (unpaired) electrons. The highest BCUT2D eigenvalue weighted by Crippen LogP contribution is 2.22. The van der Waals surface area contributed by atoms with Gasteiger partial charge in [0.15, 0.2) is 0 Å². The molecule has 0 spiro atoms. The van der Waals surface area contributed by atoms with Crippen LogP contribution in [0, 0.1) is 5.92 Å². The molecule has 1 aromatic heterocycles. The second kappa shape index (κ2) is 4.79. The minimum atomic E-state index is 0.677. The number of rotatable bonds is 4. The molecule has 1 N–H and O–H groups in total. The minimum Gasteiger partial charge on any atom is -0.334 e. The van der Waals surface area contributed by atoms with Crippen molar-refractivity contribution in [2.75, 3.05) is 13.1 Å². The van der Waals surface area contributed by atoms with Gasteiger partial charge in [0, 0.05) is 30.9 Å². The molecule has 0 bridgehead atoms. The normalized spacial score (nSPS) is 23.2. The molecule has 3 nitrogen and oxygen atoms in total. The Bertz CT molecular complexity index is 300. The summed E-state index contributed by atoms with van der Waals surface area (Å²) in [5.74, 6) is 1.42. The number of hydrogen-bond acceptors (Lipinski definition) is 2. The molecular formula is C12H21N3. The van der Waals surface area contributed by atoms with Crippen LogP contribution in [0.15, 0.2) is 12.5 Å².